The van der Waals surface area contributed by atoms with Crippen LogP contribution in [-0.2, 0) is 6.42 Å². The van der Waals surface area contributed by atoms with E-state index in [1.165, 1.54) is 5.56 Å². The number of nitrogens with one attached hydrogen (secondary N) is 1. The van der Waals surface area contributed by atoms with Crippen molar-refractivity contribution in [3.8, 4) is 0 Å². The highest BCUT2D eigenvalue weighted by Gasteiger charge is 2.08. The second-order valence-electron chi connectivity index (χ2n) is 3.71. The van der Waals surface area contributed by atoms with Crippen molar-refractivity contribution in [3.63, 3.8) is 0 Å². The fraction of sp³-hybridized carbons (Fsp3) is 0.333. The summed E-state index contributed by atoms with van der Waals surface area (Å²) in [5.41, 5.74) is 3.25. The molecule has 15 heavy (non-hydrogen) atoms. The molecule has 0 saturated heterocycles. The highest BCUT2D eigenvalue weighted by atomic mass is 35.5. The zero-order valence-corrected chi connectivity index (χ0v) is 9.69. The Bertz CT molecular complexity index is 476. The van der Waals surface area contributed by atoms with Gasteiger partial charge in [-0.15, -0.1) is 0 Å². The lowest BCUT2D eigenvalue weighted by molar-refractivity contribution is 0.606. The van der Waals surface area contributed by atoms with Crippen LogP contribution in [0.3, 0.4) is 0 Å². The maximum absolute atomic E-state index is 6.03. The summed E-state index contributed by atoms with van der Waals surface area (Å²) in [4.78, 5) is 0. The van der Waals surface area contributed by atoms with Gasteiger partial charge in [-0.3, -0.25) is 0 Å². The summed E-state index contributed by atoms with van der Waals surface area (Å²) in [5.74, 6) is 0. The molecule has 2 aromatic rings. The molecule has 80 valence electrons. The molecule has 1 aromatic carbocycles. The molecule has 0 saturated carbocycles. The minimum absolute atomic E-state index is 0.770. The number of rotatable bonds is 3. The van der Waals surface area contributed by atoms with E-state index in [1.807, 2.05) is 32.4 Å². The Kier molecular flexibility index (Phi) is 2.98. The predicted octanol–water partition coefficient (Wildman–Crippen LogP) is 3.16. The molecule has 2 rings (SSSR count). The first-order valence-corrected chi connectivity index (χ1v) is 5.41. The minimum Gasteiger partial charge on any atom is -0.464 e. The van der Waals surface area contributed by atoms with Gasteiger partial charge < -0.3 is 9.73 Å². The number of hydrogen-bond acceptors (Lipinski definition) is 2. The molecule has 0 aliphatic heterocycles. The number of fused-ring (bicyclic) bond motifs is 1. The van der Waals surface area contributed by atoms with Gasteiger partial charge in [-0.05, 0) is 50.2 Å². The van der Waals surface area contributed by atoms with Crippen LogP contribution >= 0.6 is 11.6 Å². The molecule has 3 heteroatoms. The highest BCUT2D eigenvalue weighted by Crippen LogP contribution is 2.28. The number of aryl methyl sites for hydroxylation is 1. The van der Waals surface area contributed by atoms with Crippen LogP contribution in [0.2, 0.25) is 5.02 Å². The van der Waals surface area contributed by atoms with Gasteiger partial charge in [0.2, 0.25) is 0 Å². The van der Waals surface area contributed by atoms with Gasteiger partial charge in [0.05, 0.1) is 6.26 Å². The van der Waals surface area contributed by atoms with Crippen molar-refractivity contribution in [2.24, 2.45) is 0 Å². The van der Waals surface area contributed by atoms with Crippen LogP contribution in [0.1, 0.15) is 11.1 Å². The van der Waals surface area contributed by atoms with Crippen LogP contribution < -0.4 is 5.32 Å². The van der Waals surface area contributed by atoms with Crippen molar-refractivity contribution in [1.82, 2.24) is 5.32 Å². The normalized spacial score (nSPS) is 11.1. The molecule has 0 spiro atoms. The van der Waals surface area contributed by atoms with Gasteiger partial charge in [0.1, 0.15) is 5.58 Å². The second-order valence-corrected chi connectivity index (χ2v) is 4.15. The van der Waals surface area contributed by atoms with Crippen LogP contribution in [0.15, 0.2) is 22.8 Å². The number of likely N-dealkylation sites (N-methyl/N-ethyl adjacent to an activating group) is 1. The molecule has 0 bridgehead atoms. The maximum Gasteiger partial charge on any atom is 0.137 e. The van der Waals surface area contributed by atoms with E-state index >= 15 is 0 Å². The maximum atomic E-state index is 6.03. The van der Waals surface area contributed by atoms with Gasteiger partial charge in [0.25, 0.3) is 0 Å². The summed E-state index contributed by atoms with van der Waals surface area (Å²) in [6.45, 7) is 2.96. The third-order valence-electron chi connectivity index (χ3n) is 2.55. The molecule has 2 nitrogen and oxygen atoms in total. The van der Waals surface area contributed by atoms with E-state index < -0.39 is 0 Å². The fourth-order valence-corrected chi connectivity index (χ4v) is 2.04. The third-order valence-corrected chi connectivity index (χ3v) is 2.77. The van der Waals surface area contributed by atoms with Crippen molar-refractivity contribution in [2.75, 3.05) is 13.6 Å². The van der Waals surface area contributed by atoms with E-state index in [0.717, 1.165) is 34.5 Å². The highest BCUT2D eigenvalue weighted by molar-refractivity contribution is 6.31. The quantitative estimate of drug-likeness (QED) is 0.865. The Morgan fingerprint density at radius 3 is 2.93 bits per heavy atom. The first-order chi connectivity index (χ1) is 7.22. The smallest absolute Gasteiger partial charge is 0.137 e. The third kappa shape index (κ3) is 2.01. The van der Waals surface area contributed by atoms with Crippen LogP contribution in [0.25, 0.3) is 11.0 Å². The van der Waals surface area contributed by atoms with Crippen LogP contribution in [-0.4, -0.2) is 13.6 Å². The summed E-state index contributed by atoms with van der Waals surface area (Å²) < 4.78 is 5.55. The molecule has 0 unspecified atom stereocenters. The van der Waals surface area contributed by atoms with Gasteiger partial charge in [-0.1, -0.05) is 11.6 Å². The molecule has 1 aromatic heterocycles. The van der Waals surface area contributed by atoms with Crippen LogP contribution in [0, 0.1) is 6.92 Å². The largest absolute Gasteiger partial charge is 0.464 e. The molecule has 1 heterocycles. The molecular weight excluding hydrogens is 210 g/mol. The average Bonchev–Trinajstić information content (AvgIpc) is 2.58. The Morgan fingerprint density at radius 2 is 2.20 bits per heavy atom. The Labute approximate surface area is 94.2 Å². The van der Waals surface area contributed by atoms with Gasteiger partial charge in [-0.25, -0.2) is 0 Å². The molecule has 0 aliphatic carbocycles. The summed E-state index contributed by atoms with van der Waals surface area (Å²) in [6.07, 6.45) is 2.79. The lowest BCUT2D eigenvalue weighted by Gasteiger charge is -1.99. The Morgan fingerprint density at radius 1 is 1.40 bits per heavy atom. The lowest BCUT2D eigenvalue weighted by atomic mass is 10.1. The van der Waals surface area contributed by atoms with Gasteiger partial charge in [-0.2, -0.15) is 0 Å². The predicted molar refractivity (Wildman–Crippen MR) is 63.6 cm³/mol. The first kappa shape index (κ1) is 10.5. The standard InChI is InChI=1S/C12H14ClNO/c1-8-5-10(13)6-11-9(3-4-14-2)7-15-12(8)11/h5-7,14H,3-4H2,1-2H3. The van der Waals surface area contributed by atoms with Crippen molar-refractivity contribution in [1.29, 1.82) is 0 Å². The number of hydrogen-bond donors (Lipinski definition) is 1. The minimum atomic E-state index is 0.770. The SMILES string of the molecule is CNCCc1coc2c(C)cc(Cl)cc12. The Hall–Kier alpha value is -0.990. The van der Waals surface area contributed by atoms with Crippen LogP contribution in [0.5, 0.6) is 0 Å². The summed E-state index contributed by atoms with van der Waals surface area (Å²) in [6, 6.07) is 3.90. The van der Waals surface area contributed by atoms with Gasteiger partial charge >= 0.3 is 0 Å². The molecule has 0 atom stereocenters. The van der Waals surface area contributed by atoms with Crippen molar-refractivity contribution < 1.29 is 4.42 Å². The summed E-state index contributed by atoms with van der Waals surface area (Å²) in [5, 5.41) is 5.03. The van der Waals surface area contributed by atoms with Crippen LogP contribution in [0.4, 0.5) is 0 Å². The topological polar surface area (TPSA) is 25.2 Å². The van der Waals surface area contributed by atoms with Gasteiger partial charge in [0, 0.05) is 10.4 Å². The monoisotopic (exact) mass is 223 g/mol. The van der Waals surface area contributed by atoms with E-state index in [9.17, 15) is 0 Å². The fourth-order valence-electron chi connectivity index (χ4n) is 1.77. The second kappa shape index (κ2) is 4.25. The summed E-state index contributed by atoms with van der Waals surface area (Å²) in [7, 11) is 1.94. The van der Waals surface area contributed by atoms with Gasteiger partial charge in [0.15, 0.2) is 0 Å². The van der Waals surface area contributed by atoms with E-state index in [-0.39, 0.29) is 0 Å². The van der Waals surface area contributed by atoms with E-state index in [1.54, 1.807) is 0 Å². The molecule has 1 N–H and O–H groups in total. The molecule has 0 aliphatic rings. The number of halogens is 1. The Balaban J connectivity index is 2.49. The number of furan rings is 1. The molecule has 0 fully saturated rings. The van der Waals surface area contributed by atoms with E-state index in [4.69, 9.17) is 16.0 Å². The lowest BCUT2D eigenvalue weighted by Crippen LogP contribution is -2.09. The molecule has 0 amide bonds. The van der Waals surface area contributed by atoms with Crippen molar-refractivity contribution in [2.45, 2.75) is 13.3 Å². The van der Waals surface area contributed by atoms with E-state index in [2.05, 4.69) is 5.32 Å². The summed E-state index contributed by atoms with van der Waals surface area (Å²) >= 11 is 6.03. The van der Waals surface area contributed by atoms with E-state index in [0.29, 0.717) is 0 Å². The number of benzene rings is 1. The zero-order chi connectivity index (χ0) is 10.8. The average molecular weight is 224 g/mol. The molecule has 0 radical (unpaired) electrons. The van der Waals surface area contributed by atoms with Crippen molar-refractivity contribution in [3.05, 3.63) is 34.5 Å². The first-order valence-electron chi connectivity index (χ1n) is 5.03. The zero-order valence-electron chi connectivity index (χ0n) is 8.93. The molecular formula is C12H14ClNO. The van der Waals surface area contributed by atoms with Crippen molar-refractivity contribution >= 4 is 22.6 Å².